The van der Waals surface area contributed by atoms with Crippen LogP contribution < -0.4 is 5.43 Å². The number of benzene rings is 3. The summed E-state index contributed by atoms with van der Waals surface area (Å²) in [6.07, 6.45) is 1.27. The first-order valence-corrected chi connectivity index (χ1v) is 8.36. The van der Waals surface area contributed by atoms with E-state index < -0.39 is 5.91 Å². The van der Waals surface area contributed by atoms with E-state index in [0.717, 1.165) is 10.8 Å². The van der Waals surface area contributed by atoms with Crippen molar-refractivity contribution in [1.29, 1.82) is 0 Å². The summed E-state index contributed by atoms with van der Waals surface area (Å²) in [6.45, 7) is 0. The largest absolute Gasteiger partial charge is 0.507 e. The van der Waals surface area contributed by atoms with E-state index in [1.165, 1.54) is 18.3 Å². The molecule has 5 nitrogen and oxygen atoms in total. The molecule has 3 rings (SSSR count). The molecule has 1 amide bonds. The highest BCUT2D eigenvalue weighted by Gasteiger charge is 2.12. The SMILES string of the molecule is O=C(NN=Cc1cc(Cl)cc(Br)c1O)c1cc2ccccc2cc1O. The number of fused-ring (bicyclic) bond motifs is 1. The molecule has 0 radical (unpaired) electrons. The molecule has 3 aromatic rings. The van der Waals surface area contributed by atoms with Crippen LogP contribution in [0.2, 0.25) is 5.02 Å². The number of rotatable bonds is 3. The molecule has 0 fully saturated rings. The highest BCUT2D eigenvalue weighted by Crippen LogP contribution is 2.30. The summed E-state index contributed by atoms with van der Waals surface area (Å²) in [5.74, 6) is -0.754. The van der Waals surface area contributed by atoms with Crippen molar-refractivity contribution in [2.75, 3.05) is 0 Å². The van der Waals surface area contributed by atoms with Gasteiger partial charge in [-0.25, -0.2) is 5.43 Å². The number of phenols is 2. The summed E-state index contributed by atoms with van der Waals surface area (Å²) in [5.41, 5.74) is 2.76. The maximum Gasteiger partial charge on any atom is 0.275 e. The van der Waals surface area contributed by atoms with E-state index in [-0.39, 0.29) is 17.1 Å². The first-order chi connectivity index (χ1) is 12.0. The van der Waals surface area contributed by atoms with E-state index in [1.807, 2.05) is 24.3 Å². The molecule has 0 aromatic heterocycles. The summed E-state index contributed by atoms with van der Waals surface area (Å²) < 4.78 is 0.417. The van der Waals surface area contributed by atoms with Gasteiger partial charge >= 0.3 is 0 Å². The predicted octanol–water partition coefficient (Wildman–Crippen LogP) is 4.43. The molecule has 0 aliphatic carbocycles. The Balaban J connectivity index is 1.82. The Labute approximate surface area is 156 Å². The van der Waals surface area contributed by atoms with Crippen LogP contribution in [0.5, 0.6) is 11.5 Å². The van der Waals surface area contributed by atoms with E-state index in [0.29, 0.717) is 15.1 Å². The fraction of sp³-hybridized carbons (Fsp3) is 0. The van der Waals surface area contributed by atoms with Gasteiger partial charge in [-0.2, -0.15) is 5.10 Å². The average Bonchev–Trinajstić information content (AvgIpc) is 2.58. The molecule has 3 N–H and O–H groups in total. The molecule has 0 bridgehead atoms. The maximum atomic E-state index is 12.2. The molecule has 0 saturated heterocycles. The molecule has 0 aliphatic rings. The molecule has 0 atom stereocenters. The van der Waals surface area contributed by atoms with Crippen LogP contribution >= 0.6 is 27.5 Å². The van der Waals surface area contributed by atoms with Gasteiger partial charge in [-0.1, -0.05) is 35.9 Å². The minimum Gasteiger partial charge on any atom is -0.507 e. The average molecular weight is 420 g/mol. The smallest absolute Gasteiger partial charge is 0.275 e. The minimum absolute atomic E-state index is 0.0454. The second kappa shape index (κ2) is 7.13. The Kier molecular flexibility index (Phi) is 4.92. The lowest BCUT2D eigenvalue weighted by molar-refractivity contribution is 0.0952. The number of nitrogens with zero attached hydrogens (tertiary/aromatic N) is 1. The van der Waals surface area contributed by atoms with Crippen LogP contribution in [0.1, 0.15) is 15.9 Å². The van der Waals surface area contributed by atoms with Gasteiger partial charge in [0.05, 0.1) is 16.3 Å². The molecule has 0 spiro atoms. The van der Waals surface area contributed by atoms with Gasteiger partial charge in [0, 0.05) is 10.6 Å². The molecule has 126 valence electrons. The zero-order valence-corrected chi connectivity index (χ0v) is 15.0. The number of hydrogen-bond donors (Lipinski definition) is 3. The molecule has 25 heavy (non-hydrogen) atoms. The van der Waals surface area contributed by atoms with Gasteiger partial charge in [-0.05, 0) is 51.0 Å². The zero-order chi connectivity index (χ0) is 18.0. The van der Waals surface area contributed by atoms with Crippen molar-refractivity contribution in [2.45, 2.75) is 0 Å². The van der Waals surface area contributed by atoms with Gasteiger partial charge in [0.1, 0.15) is 11.5 Å². The summed E-state index contributed by atoms with van der Waals surface area (Å²) >= 11 is 9.08. The number of hydrogen-bond acceptors (Lipinski definition) is 4. The highest BCUT2D eigenvalue weighted by molar-refractivity contribution is 9.10. The Bertz CT molecular complexity index is 1010. The second-order valence-corrected chi connectivity index (χ2v) is 6.53. The van der Waals surface area contributed by atoms with Gasteiger partial charge in [-0.3, -0.25) is 4.79 Å². The number of aromatic hydroxyl groups is 2. The predicted molar refractivity (Wildman–Crippen MR) is 101 cm³/mol. The first-order valence-electron chi connectivity index (χ1n) is 7.19. The topological polar surface area (TPSA) is 81.9 Å². The monoisotopic (exact) mass is 418 g/mol. The van der Waals surface area contributed by atoms with Crippen molar-refractivity contribution < 1.29 is 15.0 Å². The van der Waals surface area contributed by atoms with E-state index >= 15 is 0 Å². The van der Waals surface area contributed by atoms with Crippen LogP contribution in [0.4, 0.5) is 0 Å². The Morgan fingerprint density at radius 1 is 1.12 bits per heavy atom. The maximum absolute atomic E-state index is 12.2. The lowest BCUT2D eigenvalue weighted by Crippen LogP contribution is -2.17. The van der Waals surface area contributed by atoms with Crippen molar-refractivity contribution in [3.05, 3.63) is 69.2 Å². The molecule has 7 heteroatoms. The lowest BCUT2D eigenvalue weighted by atomic mass is 10.1. The van der Waals surface area contributed by atoms with Gasteiger partial charge in [-0.15, -0.1) is 0 Å². The quantitative estimate of drug-likeness (QED) is 0.434. The number of halogens is 2. The van der Waals surface area contributed by atoms with Gasteiger partial charge in [0.15, 0.2) is 0 Å². The third kappa shape index (κ3) is 3.75. The standard InChI is InChI=1S/C18H12BrClN2O3/c19-15-8-13(20)5-12(17(15)24)9-21-22-18(25)14-6-10-3-1-2-4-11(10)7-16(14)23/h1-9,23-24H,(H,22,25). The molecule has 0 aliphatic heterocycles. The fourth-order valence-corrected chi connectivity index (χ4v) is 3.15. The summed E-state index contributed by atoms with van der Waals surface area (Å²) in [7, 11) is 0. The van der Waals surface area contributed by atoms with Crippen LogP contribution in [0.3, 0.4) is 0 Å². The molecule has 0 unspecified atom stereocenters. The van der Waals surface area contributed by atoms with Crippen molar-refractivity contribution >= 4 is 50.4 Å². The van der Waals surface area contributed by atoms with E-state index in [2.05, 4.69) is 26.5 Å². The van der Waals surface area contributed by atoms with Crippen LogP contribution in [-0.4, -0.2) is 22.3 Å². The molecule has 3 aromatic carbocycles. The molecule has 0 heterocycles. The number of hydrazone groups is 1. The molecular weight excluding hydrogens is 408 g/mol. The Morgan fingerprint density at radius 2 is 1.80 bits per heavy atom. The van der Waals surface area contributed by atoms with E-state index in [1.54, 1.807) is 12.1 Å². The van der Waals surface area contributed by atoms with Crippen LogP contribution in [0.25, 0.3) is 10.8 Å². The fourth-order valence-electron chi connectivity index (χ4n) is 2.32. The van der Waals surface area contributed by atoms with Crippen molar-refractivity contribution in [2.24, 2.45) is 5.10 Å². The van der Waals surface area contributed by atoms with Crippen molar-refractivity contribution in [1.82, 2.24) is 5.43 Å². The molecule has 0 saturated carbocycles. The summed E-state index contributed by atoms with van der Waals surface area (Å²) in [4.78, 5) is 12.2. The van der Waals surface area contributed by atoms with Crippen LogP contribution in [0.15, 0.2) is 58.1 Å². The summed E-state index contributed by atoms with van der Waals surface area (Å²) in [5, 5.41) is 25.8. The third-order valence-corrected chi connectivity index (χ3v) is 4.36. The number of amides is 1. The number of nitrogens with one attached hydrogen (secondary N) is 1. The molecular formula is C18H12BrClN2O3. The van der Waals surface area contributed by atoms with E-state index in [9.17, 15) is 15.0 Å². The zero-order valence-electron chi connectivity index (χ0n) is 12.7. The van der Waals surface area contributed by atoms with E-state index in [4.69, 9.17) is 11.6 Å². The lowest BCUT2D eigenvalue weighted by Gasteiger charge is -2.06. The Hall–Kier alpha value is -2.57. The third-order valence-electron chi connectivity index (χ3n) is 3.54. The van der Waals surface area contributed by atoms with Gasteiger partial charge in [0.2, 0.25) is 0 Å². The van der Waals surface area contributed by atoms with Crippen LogP contribution in [-0.2, 0) is 0 Å². The highest BCUT2D eigenvalue weighted by atomic mass is 79.9. The van der Waals surface area contributed by atoms with Gasteiger partial charge in [0.25, 0.3) is 5.91 Å². The summed E-state index contributed by atoms with van der Waals surface area (Å²) in [6, 6.07) is 13.5. The van der Waals surface area contributed by atoms with Crippen LogP contribution in [0, 0.1) is 0 Å². The first kappa shape index (κ1) is 17.3. The van der Waals surface area contributed by atoms with Crippen molar-refractivity contribution in [3.8, 4) is 11.5 Å². The normalized spacial score (nSPS) is 11.1. The minimum atomic E-state index is -0.569. The Morgan fingerprint density at radius 3 is 2.52 bits per heavy atom. The number of phenolic OH excluding ortho intramolecular Hbond substituents is 2. The van der Waals surface area contributed by atoms with Crippen molar-refractivity contribution in [3.63, 3.8) is 0 Å². The number of carbonyl (C=O) groups excluding carboxylic acids is 1. The number of carbonyl (C=O) groups is 1. The van der Waals surface area contributed by atoms with Gasteiger partial charge < -0.3 is 10.2 Å². The second-order valence-electron chi connectivity index (χ2n) is 5.24.